The van der Waals surface area contributed by atoms with Crippen LogP contribution in [0.25, 0.3) is 0 Å². The van der Waals surface area contributed by atoms with Gasteiger partial charge in [0, 0.05) is 12.2 Å². The Morgan fingerprint density at radius 1 is 0.368 bits per heavy atom. The van der Waals surface area contributed by atoms with Gasteiger partial charge in [-0.05, 0) is 12.8 Å². The van der Waals surface area contributed by atoms with E-state index in [0.717, 1.165) is 25.7 Å². The second-order valence-corrected chi connectivity index (χ2v) is 11.2. The molecule has 0 atom stereocenters. The predicted octanol–water partition coefficient (Wildman–Crippen LogP) is 10.8. The van der Waals surface area contributed by atoms with Crippen molar-refractivity contribution in [3.8, 4) is 0 Å². The van der Waals surface area contributed by atoms with Gasteiger partial charge in [-0.1, -0.05) is 168 Å². The third-order valence-electron chi connectivity index (χ3n) is 7.34. The highest BCUT2D eigenvalue weighted by Crippen LogP contribution is 2.14. The molecule has 0 aliphatic carbocycles. The summed E-state index contributed by atoms with van der Waals surface area (Å²) >= 11 is 0. The standard InChI is InChI=1S/C34H64O4/c1-3-5-7-9-11-13-15-16-17-18-19-20-22-24-26-28-32-38-34(36)30-29-33(35)37-31-27-25-23-21-14-12-10-8-6-4-2/h29-30H,3-28,31-32H2,1-2H3/b30-29+. The number of rotatable bonds is 30. The van der Waals surface area contributed by atoms with Crippen LogP contribution in [0.2, 0.25) is 0 Å². The van der Waals surface area contributed by atoms with E-state index >= 15 is 0 Å². The first-order chi connectivity index (χ1) is 18.7. The van der Waals surface area contributed by atoms with Crippen LogP contribution in [-0.4, -0.2) is 25.2 Å². The lowest BCUT2D eigenvalue weighted by Gasteiger charge is -2.04. The molecule has 0 aromatic rings. The summed E-state index contributed by atoms with van der Waals surface area (Å²) in [6, 6.07) is 0. The quantitative estimate of drug-likeness (QED) is 0.0520. The Labute approximate surface area is 237 Å². The minimum absolute atomic E-state index is 0.425. The molecule has 0 N–H and O–H groups in total. The molecular weight excluding hydrogens is 472 g/mol. The molecule has 0 radical (unpaired) electrons. The van der Waals surface area contributed by atoms with Crippen LogP contribution in [-0.2, 0) is 19.1 Å². The van der Waals surface area contributed by atoms with Crippen LogP contribution in [0.1, 0.15) is 181 Å². The van der Waals surface area contributed by atoms with Crippen LogP contribution in [0.4, 0.5) is 0 Å². The fourth-order valence-electron chi connectivity index (χ4n) is 4.82. The summed E-state index contributed by atoms with van der Waals surface area (Å²) < 4.78 is 10.4. The van der Waals surface area contributed by atoms with Crippen LogP contribution in [0, 0.1) is 0 Å². The zero-order chi connectivity index (χ0) is 27.8. The van der Waals surface area contributed by atoms with Gasteiger partial charge in [0.15, 0.2) is 0 Å². The van der Waals surface area contributed by atoms with Crippen molar-refractivity contribution in [3.63, 3.8) is 0 Å². The first-order valence-electron chi connectivity index (χ1n) is 16.7. The maximum absolute atomic E-state index is 11.8. The Hall–Kier alpha value is -1.32. The van der Waals surface area contributed by atoms with Crippen molar-refractivity contribution < 1.29 is 19.1 Å². The third kappa shape index (κ3) is 30.9. The zero-order valence-electron chi connectivity index (χ0n) is 25.6. The van der Waals surface area contributed by atoms with E-state index in [9.17, 15) is 9.59 Å². The number of esters is 2. The van der Waals surface area contributed by atoms with E-state index in [1.807, 2.05) is 0 Å². The van der Waals surface area contributed by atoms with E-state index in [1.165, 1.54) is 153 Å². The van der Waals surface area contributed by atoms with Crippen LogP contribution in [0.15, 0.2) is 12.2 Å². The number of unbranched alkanes of at least 4 members (excludes halogenated alkanes) is 24. The molecule has 4 nitrogen and oxygen atoms in total. The predicted molar refractivity (Wildman–Crippen MR) is 162 cm³/mol. The van der Waals surface area contributed by atoms with E-state index in [4.69, 9.17) is 9.47 Å². The molecule has 224 valence electrons. The van der Waals surface area contributed by atoms with Gasteiger partial charge >= 0.3 is 11.9 Å². The monoisotopic (exact) mass is 536 g/mol. The minimum Gasteiger partial charge on any atom is -0.463 e. The van der Waals surface area contributed by atoms with Crippen molar-refractivity contribution in [2.24, 2.45) is 0 Å². The highest BCUT2D eigenvalue weighted by atomic mass is 16.5. The topological polar surface area (TPSA) is 52.6 Å². The largest absolute Gasteiger partial charge is 0.463 e. The third-order valence-corrected chi connectivity index (χ3v) is 7.34. The van der Waals surface area contributed by atoms with E-state index in [0.29, 0.717) is 13.2 Å². The Morgan fingerprint density at radius 2 is 0.579 bits per heavy atom. The lowest BCUT2D eigenvalue weighted by molar-refractivity contribution is -0.140. The van der Waals surface area contributed by atoms with Crippen molar-refractivity contribution in [1.29, 1.82) is 0 Å². The van der Waals surface area contributed by atoms with Crippen LogP contribution >= 0.6 is 0 Å². The van der Waals surface area contributed by atoms with Crippen molar-refractivity contribution in [3.05, 3.63) is 12.2 Å². The molecule has 0 amide bonds. The van der Waals surface area contributed by atoms with Crippen molar-refractivity contribution in [1.82, 2.24) is 0 Å². The molecule has 0 saturated carbocycles. The number of carbonyl (C=O) groups excluding carboxylic acids is 2. The van der Waals surface area contributed by atoms with Gasteiger partial charge < -0.3 is 9.47 Å². The molecular formula is C34H64O4. The summed E-state index contributed by atoms with van der Waals surface area (Å²) in [4.78, 5) is 23.5. The Balaban J connectivity index is 3.34. The molecule has 0 bridgehead atoms. The summed E-state index contributed by atoms with van der Waals surface area (Å²) in [5, 5.41) is 0. The molecule has 0 aromatic carbocycles. The molecule has 0 unspecified atom stereocenters. The van der Waals surface area contributed by atoms with E-state index in [1.54, 1.807) is 0 Å². The molecule has 0 rings (SSSR count). The molecule has 38 heavy (non-hydrogen) atoms. The molecule has 0 aliphatic rings. The average molecular weight is 537 g/mol. The first kappa shape index (κ1) is 36.7. The van der Waals surface area contributed by atoms with E-state index in [2.05, 4.69) is 13.8 Å². The van der Waals surface area contributed by atoms with Crippen LogP contribution in [0.3, 0.4) is 0 Å². The minimum atomic E-state index is -0.458. The molecule has 0 aliphatic heterocycles. The van der Waals surface area contributed by atoms with Gasteiger partial charge in [0.05, 0.1) is 13.2 Å². The first-order valence-corrected chi connectivity index (χ1v) is 16.7. The Bertz CT molecular complexity index is 529. The van der Waals surface area contributed by atoms with E-state index < -0.39 is 11.9 Å². The molecule has 0 fully saturated rings. The summed E-state index contributed by atoms with van der Waals surface area (Å²) in [5.74, 6) is -0.915. The highest BCUT2D eigenvalue weighted by Gasteiger charge is 2.02. The summed E-state index contributed by atoms with van der Waals surface area (Å²) in [6.45, 7) is 5.37. The van der Waals surface area contributed by atoms with Crippen molar-refractivity contribution >= 4 is 11.9 Å². The van der Waals surface area contributed by atoms with Gasteiger partial charge in [-0.15, -0.1) is 0 Å². The number of hydrogen-bond donors (Lipinski definition) is 0. The smallest absolute Gasteiger partial charge is 0.331 e. The fourth-order valence-corrected chi connectivity index (χ4v) is 4.82. The van der Waals surface area contributed by atoms with Gasteiger partial charge in [0.2, 0.25) is 0 Å². The van der Waals surface area contributed by atoms with Gasteiger partial charge in [0.1, 0.15) is 0 Å². The SMILES string of the molecule is CCCCCCCCCCCCCCCCCCOC(=O)/C=C/C(=O)OCCCCCCCCCCCC. The molecule has 0 spiro atoms. The van der Waals surface area contributed by atoms with Gasteiger partial charge in [-0.25, -0.2) is 9.59 Å². The zero-order valence-corrected chi connectivity index (χ0v) is 25.6. The molecule has 0 saturated heterocycles. The number of ether oxygens (including phenoxy) is 2. The van der Waals surface area contributed by atoms with Gasteiger partial charge in [-0.2, -0.15) is 0 Å². The lowest BCUT2D eigenvalue weighted by atomic mass is 10.0. The summed E-state index contributed by atoms with van der Waals surface area (Å²) in [7, 11) is 0. The molecule has 0 aromatic heterocycles. The number of carbonyl (C=O) groups is 2. The van der Waals surface area contributed by atoms with Crippen molar-refractivity contribution in [2.75, 3.05) is 13.2 Å². The van der Waals surface area contributed by atoms with E-state index in [-0.39, 0.29) is 0 Å². The highest BCUT2D eigenvalue weighted by molar-refractivity contribution is 5.91. The fraction of sp³-hybridized carbons (Fsp3) is 0.882. The number of hydrogen-bond acceptors (Lipinski definition) is 4. The second-order valence-electron chi connectivity index (χ2n) is 11.2. The van der Waals surface area contributed by atoms with Crippen LogP contribution < -0.4 is 0 Å². The average Bonchev–Trinajstić information content (AvgIpc) is 2.92. The van der Waals surface area contributed by atoms with Crippen LogP contribution in [0.5, 0.6) is 0 Å². The Morgan fingerprint density at radius 3 is 0.816 bits per heavy atom. The maximum atomic E-state index is 11.8. The second kappa shape index (κ2) is 31.9. The normalized spacial score (nSPS) is 11.3. The maximum Gasteiger partial charge on any atom is 0.331 e. The molecule has 0 heterocycles. The summed E-state index contributed by atoms with van der Waals surface area (Å²) in [6.07, 6.45) is 36.0. The van der Waals surface area contributed by atoms with Crippen molar-refractivity contribution in [2.45, 2.75) is 181 Å². The Kier molecular flexibility index (Phi) is 30.8. The lowest BCUT2D eigenvalue weighted by Crippen LogP contribution is -2.06. The van der Waals surface area contributed by atoms with Gasteiger partial charge in [0.25, 0.3) is 0 Å². The molecule has 4 heteroatoms. The summed E-state index contributed by atoms with van der Waals surface area (Å²) in [5.41, 5.74) is 0. The van der Waals surface area contributed by atoms with Gasteiger partial charge in [-0.3, -0.25) is 0 Å².